The molecule has 2 bridgehead atoms. The van der Waals surface area contributed by atoms with E-state index in [9.17, 15) is 4.79 Å². The summed E-state index contributed by atoms with van der Waals surface area (Å²) in [6.07, 6.45) is 6.78. The summed E-state index contributed by atoms with van der Waals surface area (Å²) in [5, 5.41) is 0. The molecule has 3 rings (SSSR count). The van der Waals surface area contributed by atoms with Crippen LogP contribution in [0.1, 0.15) is 45.4 Å². The third-order valence-corrected chi connectivity index (χ3v) is 5.74. The van der Waals surface area contributed by atoms with E-state index in [1.165, 1.54) is 19.3 Å². The maximum absolute atomic E-state index is 12.9. The first-order valence-corrected chi connectivity index (χ1v) is 8.34. The number of ether oxygens (including phenoxy) is 1. The fourth-order valence-corrected chi connectivity index (χ4v) is 4.51. The summed E-state index contributed by atoms with van der Waals surface area (Å²) in [4.78, 5) is 15.0. The van der Waals surface area contributed by atoms with Gasteiger partial charge in [-0.05, 0) is 43.9 Å². The van der Waals surface area contributed by atoms with Crippen LogP contribution in [0.25, 0.3) is 0 Å². The van der Waals surface area contributed by atoms with E-state index >= 15 is 0 Å². The van der Waals surface area contributed by atoms with Gasteiger partial charge in [0.1, 0.15) is 0 Å². The van der Waals surface area contributed by atoms with Crippen molar-refractivity contribution in [1.29, 1.82) is 0 Å². The molecule has 2 aliphatic carbocycles. The molecule has 1 aliphatic heterocycles. The Hall–Kier alpha value is -0.610. The SMILES string of the molecule is CCC1COCCN1C(=O)C1CC2CCCC(C1)C2N. The molecular weight excluding hydrogens is 252 g/mol. The van der Waals surface area contributed by atoms with Crippen molar-refractivity contribution >= 4 is 5.91 Å². The van der Waals surface area contributed by atoms with E-state index in [-0.39, 0.29) is 12.0 Å². The van der Waals surface area contributed by atoms with Crippen LogP contribution in [0, 0.1) is 17.8 Å². The second kappa shape index (κ2) is 6.02. The van der Waals surface area contributed by atoms with Crippen LogP contribution >= 0.6 is 0 Å². The Morgan fingerprint density at radius 1 is 1.30 bits per heavy atom. The van der Waals surface area contributed by atoms with Gasteiger partial charge >= 0.3 is 0 Å². The number of morpholine rings is 1. The normalized spacial score (nSPS) is 41.5. The number of fused-ring (bicyclic) bond motifs is 2. The third kappa shape index (κ3) is 2.60. The predicted octanol–water partition coefficient (Wildman–Crippen LogP) is 1.78. The quantitative estimate of drug-likeness (QED) is 0.839. The standard InChI is InChI=1S/C16H28N2O2/c1-2-14-10-20-7-6-18(14)16(19)13-8-11-4-3-5-12(9-13)15(11)17/h11-15H,2-10,17H2,1H3. The minimum atomic E-state index is 0.220. The van der Waals surface area contributed by atoms with Crippen LogP contribution in [0.5, 0.6) is 0 Å². The van der Waals surface area contributed by atoms with Crippen molar-refractivity contribution in [2.24, 2.45) is 23.5 Å². The number of carbonyl (C=O) groups excluding carboxylic acids is 1. The van der Waals surface area contributed by atoms with Crippen LogP contribution < -0.4 is 5.73 Å². The van der Waals surface area contributed by atoms with E-state index in [0.717, 1.165) is 25.8 Å². The second-order valence-corrected chi connectivity index (χ2v) is 6.87. The zero-order valence-electron chi connectivity index (χ0n) is 12.6. The van der Waals surface area contributed by atoms with Gasteiger partial charge < -0.3 is 15.4 Å². The molecule has 20 heavy (non-hydrogen) atoms. The highest BCUT2D eigenvalue weighted by molar-refractivity contribution is 5.79. The van der Waals surface area contributed by atoms with Crippen molar-refractivity contribution in [3.05, 3.63) is 0 Å². The topological polar surface area (TPSA) is 55.6 Å². The predicted molar refractivity (Wildman–Crippen MR) is 78.1 cm³/mol. The summed E-state index contributed by atoms with van der Waals surface area (Å²) in [5.41, 5.74) is 6.33. The van der Waals surface area contributed by atoms with Gasteiger partial charge in [-0.2, -0.15) is 0 Å². The Bertz CT molecular complexity index is 346. The van der Waals surface area contributed by atoms with Gasteiger partial charge in [-0.3, -0.25) is 4.79 Å². The first-order chi connectivity index (χ1) is 9.70. The van der Waals surface area contributed by atoms with Gasteiger partial charge in [0.2, 0.25) is 5.91 Å². The van der Waals surface area contributed by atoms with Crippen LogP contribution in [-0.4, -0.2) is 42.6 Å². The lowest BCUT2D eigenvalue weighted by Crippen LogP contribution is -2.54. The molecule has 3 fully saturated rings. The van der Waals surface area contributed by atoms with E-state index in [0.29, 0.717) is 37.0 Å². The van der Waals surface area contributed by atoms with Crippen molar-refractivity contribution in [2.75, 3.05) is 19.8 Å². The lowest BCUT2D eigenvalue weighted by Gasteiger charge is -2.46. The smallest absolute Gasteiger partial charge is 0.226 e. The molecule has 0 radical (unpaired) electrons. The highest BCUT2D eigenvalue weighted by Crippen LogP contribution is 2.42. The minimum absolute atomic E-state index is 0.220. The summed E-state index contributed by atoms with van der Waals surface area (Å²) in [6.45, 7) is 4.32. The van der Waals surface area contributed by atoms with Gasteiger partial charge in [0, 0.05) is 18.5 Å². The van der Waals surface area contributed by atoms with E-state index in [2.05, 4.69) is 11.8 Å². The Morgan fingerprint density at radius 3 is 2.65 bits per heavy atom. The van der Waals surface area contributed by atoms with Crippen molar-refractivity contribution in [3.63, 3.8) is 0 Å². The lowest BCUT2D eigenvalue weighted by molar-refractivity contribution is -0.147. The molecule has 2 N–H and O–H groups in total. The van der Waals surface area contributed by atoms with Crippen LogP contribution in [0.15, 0.2) is 0 Å². The van der Waals surface area contributed by atoms with Crippen LogP contribution in [0.4, 0.5) is 0 Å². The molecule has 3 aliphatic rings. The molecule has 4 nitrogen and oxygen atoms in total. The number of carbonyl (C=O) groups is 1. The van der Waals surface area contributed by atoms with Crippen LogP contribution in [0.3, 0.4) is 0 Å². The average Bonchev–Trinajstić information content (AvgIpc) is 2.46. The fourth-order valence-electron chi connectivity index (χ4n) is 4.51. The summed E-state index contributed by atoms with van der Waals surface area (Å²) in [7, 11) is 0. The largest absolute Gasteiger partial charge is 0.377 e. The molecule has 114 valence electrons. The minimum Gasteiger partial charge on any atom is -0.377 e. The highest BCUT2D eigenvalue weighted by atomic mass is 16.5. The summed E-state index contributed by atoms with van der Waals surface area (Å²) >= 11 is 0. The van der Waals surface area contributed by atoms with Crippen molar-refractivity contribution < 1.29 is 9.53 Å². The highest BCUT2D eigenvalue weighted by Gasteiger charge is 2.42. The molecular formula is C16H28N2O2. The number of amides is 1. The number of hydrogen-bond acceptors (Lipinski definition) is 3. The Kier molecular flexibility index (Phi) is 4.32. The van der Waals surface area contributed by atoms with E-state index in [1.807, 2.05) is 0 Å². The lowest BCUT2D eigenvalue weighted by atomic mass is 9.65. The van der Waals surface area contributed by atoms with Crippen LogP contribution in [-0.2, 0) is 9.53 Å². The third-order valence-electron chi connectivity index (χ3n) is 5.74. The molecule has 3 unspecified atom stereocenters. The van der Waals surface area contributed by atoms with Gasteiger partial charge in [-0.25, -0.2) is 0 Å². The van der Waals surface area contributed by atoms with Gasteiger partial charge in [0.25, 0.3) is 0 Å². The Morgan fingerprint density at radius 2 is 2.00 bits per heavy atom. The molecule has 0 aromatic carbocycles. The molecule has 0 aromatic heterocycles. The molecule has 0 aromatic rings. The van der Waals surface area contributed by atoms with E-state index in [1.54, 1.807) is 0 Å². The summed E-state index contributed by atoms with van der Waals surface area (Å²) < 4.78 is 5.52. The molecule has 1 amide bonds. The Labute approximate surface area is 122 Å². The first-order valence-electron chi connectivity index (χ1n) is 8.34. The maximum atomic E-state index is 12.9. The Balaban J connectivity index is 1.68. The van der Waals surface area contributed by atoms with Crippen LogP contribution in [0.2, 0.25) is 0 Å². The van der Waals surface area contributed by atoms with Gasteiger partial charge in [-0.1, -0.05) is 13.3 Å². The van der Waals surface area contributed by atoms with Crippen molar-refractivity contribution in [3.8, 4) is 0 Å². The maximum Gasteiger partial charge on any atom is 0.226 e. The number of nitrogens with two attached hydrogens (primary N) is 1. The molecule has 1 heterocycles. The average molecular weight is 280 g/mol. The van der Waals surface area contributed by atoms with Crippen molar-refractivity contribution in [1.82, 2.24) is 4.90 Å². The molecule has 0 spiro atoms. The van der Waals surface area contributed by atoms with E-state index in [4.69, 9.17) is 10.5 Å². The molecule has 1 saturated heterocycles. The van der Waals surface area contributed by atoms with E-state index < -0.39 is 0 Å². The second-order valence-electron chi connectivity index (χ2n) is 6.87. The number of rotatable bonds is 2. The molecule has 3 atom stereocenters. The summed E-state index contributed by atoms with van der Waals surface area (Å²) in [5.74, 6) is 1.76. The van der Waals surface area contributed by atoms with Gasteiger partial charge in [-0.15, -0.1) is 0 Å². The first kappa shape index (κ1) is 14.3. The van der Waals surface area contributed by atoms with Crippen molar-refractivity contribution in [2.45, 2.75) is 57.5 Å². The zero-order valence-corrected chi connectivity index (χ0v) is 12.6. The van der Waals surface area contributed by atoms with Gasteiger partial charge in [0.15, 0.2) is 0 Å². The van der Waals surface area contributed by atoms with Gasteiger partial charge in [0.05, 0.1) is 19.3 Å². The monoisotopic (exact) mass is 280 g/mol. The molecule has 2 saturated carbocycles. The zero-order chi connectivity index (χ0) is 14.1. The number of nitrogens with zero attached hydrogens (tertiary/aromatic N) is 1. The summed E-state index contributed by atoms with van der Waals surface area (Å²) in [6, 6.07) is 0.631. The fraction of sp³-hybridized carbons (Fsp3) is 0.938. The number of hydrogen-bond donors (Lipinski definition) is 1. The molecule has 4 heteroatoms.